The van der Waals surface area contributed by atoms with Gasteiger partial charge in [-0.25, -0.2) is 4.98 Å². The zero-order valence-electron chi connectivity index (χ0n) is 18.0. The molecule has 2 aromatic heterocycles. The van der Waals surface area contributed by atoms with E-state index in [0.29, 0.717) is 23.3 Å². The second kappa shape index (κ2) is 8.34. The molecule has 0 spiro atoms. The smallest absolute Gasteiger partial charge is 0.255 e. The fourth-order valence-corrected chi connectivity index (χ4v) is 4.15. The zero-order valence-corrected chi connectivity index (χ0v) is 18.0. The first-order chi connectivity index (χ1) is 14.4. The minimum Gasteiger partial charge on any atom is -0.466 e. The van der Waals surface area contributed by atoms with Gasteiger partial charge in [-0.2, -0.15) is 4.98 Å². The third kappa shape index (κ3) is 4.25. The summed E-state index contributed by atoms with van der Waals surface area (Å²) in [6.07, 6.45) is 3.77. The number of furan rings is 1. The van der Waals surface area contributed by atoms with Crippen LogP contribution in [0.3, 0.4) is 0 Å². The van der Waals surface area contributed by atoms with Gasteiger partial charge in [0, 0.05) is 31.6 Å². The van der Waals surface area contributed by atoms with Crippen LogP contribution in [-0.2, 0) is 0 Å². The van der Waals surface area contributed by atoms with E-state index in [4.69, 9.17) is 14.4 Å². The number of fused-ring (bicyclic) bond motifs is 1. The van der Waals surface area contributed by atoms with Crippen LogP contribution in [0, 0.1) is 13.8 Å². The molecule has 7 heteroatoms. The van der Waals surface area contributed by atoms with Crippen molar-refractivity contribution in [3.8, 4) is 0 Å². The van der Waals surface area contributed by atoms with Crippen molar-refractivity contribution >= 4 is 28.6 Å². The van der Waals surface area contributed by atoms with E-state index in [-0.39, 0.29) is 11.9 Å². The van der Waals surface area contributed by atoms with Crippen molar-refractivity contribution in [3.05, 3.63) is 47.4 Å². The number of hydrogen-bond acceptors (Lipinski definition) is 6. The summed E-state index contributed by atoms with van der Waals surface area (Å²) in [5, 5.41) is 7.71. The molecule has 158 valence electrons. The molecule has 3 aromatic rings. The van der Waals surface area contributed by atoms with Crippen LogP contribution >= 0.6 is 0 Å². The summed E-state index contributed by atoms with van der Waals surface area (Å²) in [6, 6.07) is 10.3. The van der Waals surface area contributed by atoms with Crippen molar-refractivity contribution in [3.63, 3.8) is 0 Å². The van der Waals surface area contributed by atoms with E-state index in [1.807, 2.05) is 57.1 Å². The molecule has 0 unspecified atom stereocenters. The van der Waals surface area contributed by atoms with E-state index in [1.54, 1.807) is 6.07 Å². The van der Waals surface area contributed by atoms with Gasteiger partial charge >= 0.3 is 0 Å². The Morgan fingerprint density at radius 3 is 2.43 bits per heavy atom. The second-order valence-electron chi connectivity index (χ2n) is 8.28. The number of aromatic nitrogens is 2. The van der Waals surface area contributed by atoms with Gasteiger partial charge in [0.05, 0.1) is 11.1 Å². The van der Waals surface area contributed by atoms with Crippen LogP contribution in [-0.4, -0.2) is 42.1 Å². The molecule has 4 rings (SSSR count). The van der Waals surface area contributed by atoms with E-state index in [9.17, 15) is 4.79 Å². The summed E-state index contributed by atoms with van der Waals surface area (Å²) in [5.41, 5.74) is 1.57. The quantitative estimate of drug-likeness (QED) is 0.664. The van der Waals surface area contributed by atoms with Crippen molar-refractivity contribution in [2.45, 2.75) is 51.6 Å². The van der Waals surface area contributed by atoms with Gasteiger partial charge in [0.25, 0.3) is 5.91 Å². The zero-order chi connectivity index (χ0) is 21.3. The van der Waals surface area contributed by atoms with Crippen molar-refractivity contribution in [2.75, 3.05) is 24.3 Å². The lowest BCUT2D eigenvalue weighted by Gasteiger charge is -2.30. The Balaban J connectivity index is 1.38. The molecule has 1 aromatic carbocycles. The van der Waals surface area contributed by atoms with Crippen LogP contribution in [0.15, 0.2) is 34.7 Å². The minimum absolute atomic E-state index is 0.0470. The molecule has 0 radical (unpaired) electrons. The third-order valence-corrected chi connectivity index (χ3v) is 5.69. The summed E-state index contributed by atoms with van der Waals surface area (Å²) in [5.74, 6) is 2.96. The number of carbonyl (C=O) groups is 1. The van der Waals surface area contributed by atoms with Crippen LogP contribution < -0.4 is 15.5 Å². The molecule has 7 nitrogen and oxygen atoms in total. The molecular weight excluding hydrogens is 378 g/mol. The number of anilines is 2. The largest absolute Gasteiger partial charge is 0.466 e. The van der Waals surface area contributed by atoms with Crippen LogP contribution in [0.1, 0.15) is 47.6 Å². The Kier molecular flexibility index (Phi) is 5.61. The lowest BCUT2D eigenvalue weighted by Crippen LogP contribution is -2.40. The summed E-state index contributed by atoms with van der Waals surface area (Å²) < 4.78 is 5.48. The molecular formula is C23H29N5O2. The number of amides is 1. The maximum atomic E-state index is 12.5. The Labute approximate surface area is 176 Å². The first-order valence-electron chi connectivity index (χ1n) is 10.5. The molecule has 1 aliphatic carbocycles. The predicted molar refractivity (Wildman–Crippen MR) is 119 cm³/mol. The standard InChI is InChI=1S/C23H29N5O2/c1-14-13-19(15(2)30-14)22(29)24-16-9-11-17(12-10-16)25-23-26-20-8-6-5-7-18(20)21(27-23)28(3)4/h5-8,13,16-17H,9-12H2,1-4H3,(H,24,29)(H,25,26,27)/t16-,17+. The fraction of sp³-hybridized carbons (Fsp3) is 0.435. The summed E-state index contributed by atoms with van der Waals surface area (Å²) >= 11 is 0. The summed E-state index contributed by atoms with van der Waals surface area (Å²) in [4.78, 5) is 24.0. The molecule has 0 atom stereocenters. The highest BCUT2D eigenvalue weighted by Gasteiger charge is 2.25. The average Bonchev–Trinajstić information content (AvgIpc) is 3.07. The lowest BCUT2D eigenvalue weighted by molar-refractivity contribution is 0.0925. The van der Waals surface area contributed by atoms with E-state index in [0.717, 1.165) is 48.2 Å². The number of hydrogen-bond donors (Lipinski definition) is 2. The highest BCUT2D eigenvalue weighted by Crippen LogP contribution is 2.26. The van der Waals surface area contributed by atoms with Crippen molar-refractivity contribution < 1.29 is 9.21 Å². The van der Waals surface area contributed by atoms with E-state index >= 15 is 0 Å². The first kappa shape index (κ1) is 20.2. The van der Waals surface area contributed by atoms with Crippen LogP contribution in [0.5, 0.6) is 0 Å². The van der Waals surface area contributed by atoms with Crippen LogP contribution in [0.25, 0.3) is 10.9 Å². The van der Waals surface area contributed by atoms with Gasteiger partial charge in [-0.3, -0.25) is 4.79 Å². The maximum absolute atomic E-state index is 12.5. The molecule has 30 heavy (non-hydrogen) atoms. The highest BCUT2D eigenvalue weighted by molar-refractivity contribution is 5.95. The number of aryl methyl sites for hydroxylation is 2. The van der Waals surface area contributed by atoms with Crippen LogP contribution in [0.2, 0.25) is 0 Å². The number of nitrogens with one attached hydrogen (secondary N) is 2. The Bertz CT molecular complexity index is 1050. The molecule has 1 amide bonds. The van der Waals surface area contributed by atoms with E-state index < -0.39 is 0 Å². The fourth-order valence-electron chi connectivity index (χ4n) is 4.15. The molecule has 0 saturated heterocycles. The number of rotatable bonds is 5. The topological polar surface area (TPSA) is 83.3 Å². The summed E-state index contributed by atoms with van der Waals surface area (Å²) in [7, 11) is 3.99. The average molecular weight is 408 g/mol. The van der Waals surface area contributed by atoms with Crippen molar-refractivity contribution in [1.82, 2.24) is 15.3 Å². The predicted octanol–water partition coefficient (Wildman–Crippen LogP) is 4.06. The van der Waals surface area contributed by atoms with Crippen molar-refractivity contribution in [2.24, 2.45) is 0 Å². The first-order valence-corrected chi connectivity index (χ1v) is 10.5. The molecule has 2 heterocycles. The SMILES string of the molecule is Cc1cc(C(=O)N[C@H]2CC[C@@H](Nc3nc(N(C)C)c4ccccc4n3)CC2)c(C)o1. The summed E-state index contributed by atoms with van der Waals surface area (Å²) in [6.45, 7) is 3.69. The third-order valence-electron chi connectivity index (χ3n) is 5.69. The number of nitrogens with zero attached hydrogens (tertiary/aromatic N) is 3. The molecule has 0 bridgehead atoms. The normalized spacial score (nSPS) is 18.9. The minimum atomic E-state index is -0.0470. The van der Waals surface area contributed by atoms with E-state index in [2.05, 4.69) is 10.6 Å². The van der Waals surface area contributed by atoms with Crippen LogP contribution in [0.4, 0.5) is 11.8 Å². The van der Waals surface area contributed by atoms with Crippen molar-refractivity contribution in [1.29, 1.82) is 0 Å². The monoisotopic (exact) mass is 407 g/mol. The number of carbonyl (C=O) groups excluding carboxylic acids is 1. The lowest BCUT2D eigenvalue weighted by atomic mass is 9.91. The second-order valence-corrected chi connectivity index (χ2v) is 8.28. The van der Waals surface area contributed by atoms with Gasteiger partial charge in [0.2, 0.25) is 5.95 Å². The number of benzene rings is 1. The molecule has 1 aliphatic rings. The molecule has 0 aliphatic heterocycles. The molecule has 1 saturated carbocycles. The molecule has 2 N–H and O–H groups in total. The Morgan fingerprint density at radius 1 is 1.07 bits per heavy atom. The highest BCUT2D eigenvalue weighted by atomic mass is 16.3. The van der Waals surface area contributed by atoms with Gasteiger partial charge in [-0.1, -0.05) is 12.1 Å². The van der Waals surface area contributed by atoms with Gasteiger partial charge < -0.3 is 20.0 Å². The van der Waals surface area contributed by atoms with Gasteiger partial charge in [0.1, 0.15) is 17.3 Å². The Hall–Kier alpha value is -3.09. The molecule has 1 fully saturated rings. The van der Waals surface area contributed by atoms with E-state index in [1.165, 1.54) is 0 Å². The maximum Gasteiger partial charge on any atom is 0.255 e. The van der Waals surface area contributed by atoms with Gasteiger partial charge in [-0.05, 0) is 57.7 Å². The number of para-hydroxylation sites is 1. The van der Waals surface area contributed by atoms with Gasteiger partial charge in [0.15, 0.2) is 0 Å². The van der Waals surface area contributed by atoms with Gasteiger partial charge in [-0.15, -0.1) is 0 Å². The Morgan fingerprint density at radius 2 is 1.77 bits per heavy atom.